The summed E-state index contributed by atoms with van der Waals surface area (Å²) in [7, 11) is -4.10. The minimum Gasteiger partial charge on any atom is -0.302 e. The first-order chi connectivity index (χ1) is 7.22. The fourth-order valence-corrected chi connectivity index (χ4v) is 2.15. The quantitative estimate of drug-likeness (QED) is 0.445. The molecule has 4 nitrogen and oxygen atoms in total. The lowest BCUT2D eigenvalue weighted by atomic mass is 10.2. The Kier molecular flexibility index (Phi) is 5.99. The van der Waals surface area contributed by atoms with Crippen molar-refractivity contribution in [3.63, 3.8) is 0 Å². The lowest BCUT2D eigenvalue weighted by molar-refractivity contribution is 0.0661. The van der Waals surface area contributed by atoms with Gasteiger partial charge in [-0.05, 0) is 34.1 Å². The van der Waals surface area contributed by atoms with Crippen molar-refractivity contribution in [1.82, 2.24) is 0 Å². The van der Waals surface area contributed by atoms with Crippen molar-refractivity contribution in [2.24, 2.45) is 0 Å². The Hall–Kier alpha value is -0.590. The molecule has 0 aromatic heterocycles. The maximum Gasteiger partial charge on any atom is 0.473 e. The third-order valence-corrected chi connectivity index (χ3v) is 3.02. The molecule has 92 valence electrons. The largest absolute Gasteiger partial charge is 0.473 e. The molecule has 0 aliphatic heterocycles. The summed E-state index contributed by atoms with van der Waals surface area (Å²) in [5.41, 5.74) is -1.12. The van der Waals surface area contributed by atoms with E-state index in [1.165, 1.54) is 13.8 Å². The topological polar surface area (TPSA) is 55.8 Å². The first-order valence-corrected chi connectivity index (χ1v) is 6.53. The smallest absolute Gasteiger partial charge is 0.302 e. The van der Waals surface area contributed by atoms with Crippen molar-refractivity contribution < 1.29 is 18.5 Å². The van der Waals surface area contributed by atoms with E-state index in [1.54, 1.807) is 6.92 Å². The number of hydrogen-bond donors (Lipinski definition) is 1. The molecule has 2 atom stereocenters. The van der Waals surface area contributed by atoms with Gasteiger partial charge in [-0.1, -0.05) is 18.1 Å². The Bertz CT molecular complexity index is 327. The predicted octanol–water partition coefficient (Wildman–Crippen LogP) is 2.89. The van der Waals surface area contributed by atoms with E-state index in [1.807, 2.05) is 19.1 Å². The van der Waals surface area contributed by atoms with Gasteiger partial charge in [0, 0.05) is 0 Å². The maximum atomic E-state index is 11.6. The molecule has 0 fully saturated rings. The molecule has 16 heavy (non-hydrogen) atoms. The van der Waals surface area contributed by atoms with E-state index >= 15 is 0 Å². The van der Waals surface area contributed by atoms with Gasteiger partial charge >= 0.3 is 7.82 Å². The predicted molar refractivity (Wildman–Crippen MR) is 63.8 cm³/mol. The van der Waals surface area contributed by atoms with Crippen molar-refractivity contribution in [1.29, 1.82) is 0 Å². The molecule has 0 aliphatic carbocycles. The molecule has 5 heteroatoms. The van der Waals surface area contributed by atoms with Crippen LogP contribution in [0.3, 0.4) is 0 Å². The summed E-state index contributed by atoms with van der Waals surface area (Å²) in [5.74, 6) is 2.27. The van der Waals surface area contributed by atoms with Crippen molar-refractivity contribution in [3.8, 4) is 12.3 Å². The summed E-state index contributed by atoms with van der Waals surface area (Å²) in [6, 6.07) is 0. The van der Waals surface area contributed by atoms with Gasteiger partial charge in [-0.15, -0.1) is 6.42 Å². The molecular formula is C11H19O4P. The lowest BCUT2D eigenvalue weighted by Gasteiger charge is -2.23. The average Bonchev–Trinajstić information content (AvgIpc) is 2.12. The van der Waals surface area contributed by atoms with Crippen molar-refractivity contribution in [3.05, 3.63) is 12.2 Å². The van der Waals surface area contributed by atoms with Gasteiger partial charge < -0.3 is 4.89 Å². The van der Waals surface area contributed by atoms with E-state index in [-0.39, 0.29) is 0 Å². The highest BCUT2D eigenvalue weighted by molar-refractivity contribution is 7.47. The molecule has 2 unspecified atom stereocenters. The monoisotopic (exact) mass is 246 g/mol. The van der Waals surface area contributed by atoms with E-state index in [2.05, 4.69) is 5.92 Å². The second-order valence-electron chi connectivity index (χ2n) is 3.94. The summed E-state index contributed by atoms with van der Waals surface area (Å²) in [6.07, 6.45) is 8.98. The van der Waals surface area contributed by atoms with Crippen molar-refractivity contribution in [2.45, 2.75) is 45.8 Å². The fraction of sp³-hybridized carbons (Fsp3) is 0.636. The summed E-state index contributed by atoms with van der Waals surface area (Å²) in [5, 5.41) is 0. The number of terminal acetylenes is 1. The maximum absolute atomic E-state index is 11.6. The van der Waals surface area contributed by atoms with E-state index in [0.29, 0.717) is 6.42 Å². The Balaban J connectivity index is 4.36. The highest BCUT2D eigenvalue weighted by Gasteiger charge is 2.32. The van der Waals surface area contributed by atoms with Gasteiger partial charge in [0.05, 0.1) is 6.10 Å². The van der Waals surface area contributed by atoms with E-state index in [9.17, 15) is 9.46 Å². The zero-order valence-corrected chi connectivity index (χ0v) is 11.0. The zero-order valence-electron chi connectivity index (χ0n) is 10.1. The number of rotatable bonds is 6. The van der Waals surface area contributed by atoms with Crippen LogP contribution in [0.2, 0.25) is 0 Å². The molecule has 0 spiro atoms. The third kappa shape index (κ3) is 6.81. The lowest BCUT2D eigenvalue weighted by Crippen LogP contribution is -2.21. The highest BCUT2D eigenvalue weighted by Crippen LogP contribution is 2.48. The van der Waals surface area contributed by atoms with Crippen molar-refractivity contribution >= 4 is 7.82 Å². The summed E-state index contributed by atoms with van der Waals surface area (Å²) in [4.78, 5) is 9.44. The van der Waals surface area contributed by atoms with Gasteiger partial charge in [0.2, 0.25) is 0 Å². The normalized spacial score (nSPS) is 18.0. The molecular weight excluding hydrogens is 227 g/mol. The summed E-state index contributed by atoms with van der Waals surface area (Å²) >= 11 is 0. The number of allylic oxidation sites excluding steroid dienone is 1. The van der Waals surface area contributed by atoms with Crippen molar-refractivity contribution in [2.75, 3.05) is 0 Å². The SMILES string of the molecule is C#CC(C)(C)OP(=O)(O)OC(C)CC=CC. The van der Waals surface area contributed by atoms with E-state index < -0.39 is 19.5 Å². The highest BCUT2D eigenvalue weighted by atomic mass is 31.2. The van der Waals surface area contributed by atoms with Gasteiger partial charge in [-0.2, -0.15) is 0 Å². The van der Waals surface area contributed by atoms with Gasteiger partial charge in [0.25, 0.3) is 0 Å². The minimum atomic E-state index is -4.10. The van der Waals surface area contributed by atoms with Crippen LogP contribution in [0.4, 0.5) is 0 Å². The van der Waals surface area contributed by atoms with Crippen LogP contribution in [0, 0.1) is 12.3 Å². The molecule has 0 heterocycles. The van der Waals surface area contributed by atoms with Crippen LogP contribution in [0.25, 0.3) is 0 Å². The number of hydrogen-bond acceptors (Lipinski definition) is 3. The molecule has 0 aromatic carbocycles. The second kappa shape index (κ2) is 6.22. The van der Waals surface area contributed by atoms with Crippen LogP contribution in [-0.4, -0.2) is 16.6 Å². The van der Waals surface area contributed by atoms with Crippen LogP contribution in [0.5, 0.6) is 0 Å². The molecule has 0 saturated carbocycles. The second-order valence-corrected chi connectivity index (χ2v) is 5.27. The first kappa shape index (κ1) is 15.4. The molecule has 0 aliphatic rings. The Morgan fingerprint density at radius 1 is 1.62 bits per heavy atom. The summed E-state index contributed by atoms with van der Waals surface area (Å²) < 4.78 is 21.3. The van der Waals surface area contributed by atoms with Crippen LogP contribution in [0.15, 0.2) is 12.2 Å². The minimum absolute atomic E-state index is 0.402. The number of phosphoric acid groups is 1. The Labute approximate surface area is 97.3 Å². The fourth-order valence-electron chi connectivity index (χ4n) is 0.934. The van der Waals surface area contributed by atoms with Gasteiger partial charge in [-0.25, -0.2) is 4.57 Å². The first-order valence-electron chi connectivity index (χ1n) is 5.03. The molecule has 0 rings (SSSR count). The number of phosphoric ester groups is 1. The van der Waals surface area contributed by atoms with Crippen LogP contribution < -0.4 is 0 Å². The molecule has 0 aromatic rings. The van der Waals surface area contributed by atoms with E-state index in [4.69, 9.17) is 15.5 Å². The van der Waals surface area contributed by atoms with Gasteiger partial charge in [0.15, 0.2) is 0 Å². The molecule has 0 radical (unpaired) electrons. The average molecular weight is 246 g/mol. The van der Waals surface area contributed by atoms with Crippen LogP contribution >= 0.6 is 7.82 Å². The third-order valence-electron chi connectivity index (χ3n) is 1.71. The summed E-state index contributed by atoms with van der Waals surface area (Å²) in [6.45, 7) is 6.60. The Morgan fingerprint density at radius 2 is 2.19 bits per heavy atom. The van der Waals surface area contributed by atoms with Crippen LogP contribution in [0.1, 0.15) is 34.1 Å². The Morgan fingerprint density at radius 3 is 2.62 bits per heavy atom. The standard InChI is InChI=1S/C11H19O4P/c1-6-8-9-10(3)14-16(12,13)15-11(4,5)7-2/h2,6,8,10H,9H2,1,3-5H3,(H,12,13). The van der Waals surface area contributed by atoms with Crippen LogP contribution in [-0.2, 0) is 13.6 Å². The van der Waals surface area contributed by atoms with E-state index in [0.717, 1.165) is 0 Å². The molecule has 1 N–H and O–H groups in total. The molecule has 0 amide bonds. The molecule has 0 bridgehead atoms. The van der Waals surface area contributed by atoms with Gasteiger partial charge in [0.1, 0.15) is 5.60 Å². The molecule has 0 saturated heterocycles. The zero-order chi connectivity index (χ0) is 12.8. The van der Waals surface area contributed by atoms with Gasteiger partial charge in [-0.3, -0.25) is 9.05 Å².